The first kappa shape index (κ1) is 14.9. The van der Waals surface area contributed by atoms with Gasteiger partial charge in [0.25, 0.3) is 0 Å². The first-order chi connectivity index (χ1) is 9.90. The van der Waals surface area contributed by atoms with Crippen molar-refractivity contribution in [2.75, 3.05) is 19.1 Å². The number of ether oxygens (including phenoxy) is 2. The maximum absolute atomic E-state index is 11.4. The van der Waals surface area contributed by atoms with E-state index in [1.54, 1.807) is 6.07 Å². The number of rotatable bonds is 3. The van der Waals surface area contributed by atoms with Gasteiger partial charge in [-0.2, -0.15) is 0 Å². The number of nitrogens with zero attached hydrogens (tertiary/aromatic N) is 1. The molecule has 0 radical (unpaired) electrons. The maximum Gasteiger partial charge on any atom is 0.412 e. The number of carboxylic acid groups (broad SMARTS) is 2. The molecule has 0 bridgehead atoms. The molecule has 1 heterocycles. The Bertz CT molecular complexity index is 588. The molecule has 0 aliphatic carbocycles. The summed E-state index contributed by atoms with van der Waals surface area (Å²) in [5, 5.41) is 18.5. The van der Waals surface area contributed by atoms with Gasteiger partial charge in [0.1, 0.15) is 6.04 Å². The number of carbonyl (C=O) groups is 2. The van der Waals surface area contributed by atoms with E-state index in [4.69, 9.17) is 15.2 Å². The van der Waals surface area contributed by atoms with E-state index in [-0.39, 0.29) is 12.1 Å². The fourth-order valence-electron chi connectivity index (χ4n) is 2.48. The Morgan fingerprint density at radius 3 is 2.29 bits per heavy atom. The SMILES string of the molecule is COc1cc2c(cc1OC)N(C(=O)O)[C@@H](C(=O)O)C[C@@H]2N. The van der Waals surface area contributed by atoms with E-state index < -0.39 is 24.1 Å². The van der Waals surface area contributed by atoms with Crippen LogP contribution in [-0.4, -0.2) is 42.5 Å². The fraction of sp³-hybridized carbons (Fsp3) is 0.385. The molecule has 1 aliphatic heterocycles. The van der Waals surface area contributed by atoms with Crippen molar-refractivity contribution in [2.45, 2.75) is 18.5 Å². The standard InChI is InChI=1S/C13H16N2O6/c1-20-10-3-6-7(14)4-9(12(16)17)15(13(18)19)8(6)5-11(10)21-2/h3,5,7,9H,4,14H2,1-2H3,(H,16,17)(H,18,19)/t7-,9+/m0/s1. The summed E-state index contributed by atoms with van der Waals surface area (Å²) in [5.41, 5.74) is 6.68. The average Bonchev–Trinajstić information content (AvgIpc) is 2.45. The fourth-order valence-corrected chi connectivity index (χ4v) is 2.48. The Morgan fingerprint density at radius 1 is 1.24 bits per heavy atom. The third kappa shape index (κ3) is 2.45. The average molecular weight is 296 g/mol. The number of hydrogen-bond donors (Lipinski definition) is 3. The topological polar surface area (TPSA) is 122 Å². The van der Waals surface area contributed by atoms with Crippen LogP contribution < -0.4 is 20.1 Å². The molecule has 1 aromatic rings. The molecule has 1 aromatic carbocycles. The minimum absolute atomic E-state index is 0.00981. The lowest BCUT2D eigenvalue weighted by molar-refractivity contribution is -0.138. The van der Waals surface area contributed by atoms with Gasteiger partial charge in [0.15, 0.2) is 11.5 Å². The second-order valence-electron chi connectivity index (χ2n) is 4.61. The van der Waals surface area contributed by atoms with Crippen LogP contribution in [0.1, 0.15) is 18.0 Å². The highest BCUT2D eigenvalue weighted by Crippen LogP contribution is 2.42. The highest BCUT2D eigenvalue weighted by atomic mass is 16.5. The number of benzene rings is 1. The van der Waals surface area contributed by atoms with Crippen molar-refractivity contribution in [3.05, 3.63) is 17.7 Å². The molecule has 21 heavy (non-hydrogen) atoms. The van der Waals surface area contributed by atoms with Crippen LogP contribution in [0.2, 0.25) is 0 Å². The van der Waals surface area contributed by atoms with Gasteiger partial charge in [0, 0.05) is 12.1 Å². The number of fused-ring (bicyclic) bond motifs is 1. The Hall–Kier alpha value is -2.48. The van der Waals surface area contributed by atoms with Crippen LogP contribution in [0.5, 0.6) is 11.5 Å². The predicted molar refractivity (Wildman–Crippen MR) is 73.0 cm³/mol. The predicted octanol–water partition coefficient (Wildman–Crippen LogP) is 1.04. The number of methoxy groups -OCH3 is 2. The summed E-state index contributed by atoms with van der Waals surface area (Å²) in [4.78, 5) is 23.5. The molecule has 0 spiro atoms. The van der Waals surface area contributed by atoms with Gasteiger partial charge in [0.05, 0.1) is 19.9 Å². The summed E-state index contributed by atoms with van der Waals surface area (Å²) in [5.74, 6) is -0.528. The molecule has 8 nitrogen and oxygen atoms in total. The summed E-state index contributed by atoms with van der Waals surface area (Å²) in [7, 11) is 2.86. The Labute approximate surface area is 120 Å². The summed E-state index contributed by atoms with van der Waals surface area (Å²) in [6.45, 7) is 0. The molecule has 0 aromatic heterocycles. The number of aliphatic carboxylic acids is 1. The lowest BCUT2D eigenvalue weighted by Gasteiger charge is -2.36. The van der Waals surface area contributed by atoms with Crippen molar-refractivity contribution >= 4 is 17.7 Å². The Morgan fingerprint density at radius 2 is 1.81 bits per heavy atom. The summed E-state index contributed by atoms with van der Waals surface area (Å²) >= 11 is 0. The van der Waals surface area contributed by atoms with Crippen LogP contribution in [0.25, 0.3) is 0 Å². The number of amides is 1. The van der Waals surface area contributed by atoms with E-state index in [1.807, 2.05) is 0 Å². The first-order valence-electron chi connectivity index (χ1n) is 6.17. The summed E-state index contributed by atoms with van der Waals surface area (Å²) in [6.07, 6.45) is -1.37. The van der Waals surface area contributed by atoms with Crippen molar-refractivity contribution in [1.29, 1.82) is 0 Å². The lowest BCUT2D eigenvalue weighted by Crippen LogP contribution is -2.49. The third-order valence-corrected chi connectivity index (χ3v) is 3.47. The van der Waals surface area contributed by atoms with E-state index in [2.05, 4.69) is 0 Å². The van der Waals surface area contributed by atoms with Gasteiger partial charge in [-0.15, -0.1) is 0 Å². The van der Waals surface area contributed by atoms with Gasteiger partial charge in [-0.25, -0.2) is 9.59 Å². The van der Waals surface area contributed by atoms with E-state index in [9.17, 15) is 19.8 Å². The molecule has 0 saturated carbocycles. The molecular weight excluding hydrogens is 280 g/mol. The molecule has 8 heteroatoms. The zero-order valence-corrected chi connectivity index (χ0v) is 11.6. The third-order valence-electron chi connectivity index (χ3n) is 3.47. The number of carboxylic acids is 1. The van der Waals surface area contributed by atoms with Crippen LogP contribution in [-0.2, 0) is 4.79 Å². The Kier molecular flexibility index (Phi) is 3.90. The first-order valence-corrected chi connectivity index (χ1v) is 6.17. The van der Waals surface area contributed by atoms with Gasteiger partial charge < -0.3 is 25.4 Å². The van der Waals surface area contributed by atoms with Crippen molar-refractivity contribution in [3.8, 4) is 11.5 Å². The van der Waals surface area contributed by atoms with Gasteiger partial charge in [-0.05, 0) is 18.1 Å². The lowest BCUT2D eigenvalue weighted by atomic mass is 9.91. The maximum atomic E-state index is 11.4. The van der Waals surface area contributed by atoms with Crippen LogP contribution in [0.15, 0.2) is 12.1 Å². The van der Waals surface area contributed by atoms with E-state index in [0.29, 0.717) is 17.1 Å². The molecule has 1 amide bonds. The van der Waals surface area contributed by atoms with E-state index in [1.165, 1.54) is 20.3 Å². The van der Waals surface area contributed by atoms with E-state index >= 15 is 0 Å². The number of nitrogens with two attached hydrogens (primary N) is 1. The minimum Gasteiger partial charge on any atom is -0.493 e. The molecule has 0 unspecified atom stereocenters. The van der Waals surface area contributed by atoms with Crippen LogP contribution in [0.4, 0.5) is 10.5 Å². The van der Waals surface area contributed by atoms with Crippen LogP contribution in [0.3, 0.4) is 0 Å². The molecule has 2 atom stereocenters. The van der Waals surface area contributed by atoms with E-state index in [0.717, 1.165) is 4.90 Å². The van der Waals surface area contributed by atoms with Gasteiger partial charge in [0.2, 0.25) is 0 Å². The normalized spacial score (nSPS) is 20.6. The highest BCUT2D eigenvalue weighted by molar-refractivity contribution is 5.96. The molecular formula is C13H16N2O6. The zero-order chi connectivity index (χ0) is 15.7. The largest absolute Gasteiger partial charge is 0.493 e. The number of anilines is 1. The minimum atomic E-state index is -1.36. The smallest absolute Gasteiger partial charge is 0.412 e. The van der Waals surface area contributed by atoms with Crippen molar-refractivity contribution in [1.82, 2.24) is 0 Å². The van der Waals surface area contributed by atoms with Gasteiger partial charge in [-0.1, -0.05) is 0 Å². The molecule has 1 aliphatic rings. The van der Waals surface area contributed by atoms with Crippen LogP contribution in [0, 0.1) is 0 Å². The monoisotopic (exact) mass is 296 g/mol. The second-order valence-corrected chi connectivity index (χ2v) is 4.61. The Balaban J connectivity index is 2.64. The van der Waals surface area contributed by atoms with Crippen LogP contribution >= 0.6 is 0 Å². The van der Waals surface area contributed by atoms with Crippen molar-refractivity contribution in [2.24, 2.45) is 5.73 Å². The second kappa shape index (κ2) is 5.49. The molecule has 0 fully saturated rings. The molecule has 4 N–H and O–H groups in total. The molecule has 2 rings (SSSR count). The quantitative estimate of drug-likeness (QED) is 0.761. The van der Waals surface area contributed by atoms with Crippen molar-refractivity contribution < 1.29 is 29.3 Å². The van der Waals surface area contributed by atoms with Crippen molar-refractivity contribution in [3.63, 3.8) is 0 Å². The van der Waals surface area contributed by atoms with Gasteiger partial charge in [-0.3, -0.25) is 4.90 Å². The molecule has 0 saturated heterocycles. The molecule has 114 valence electrons. The van der Waals surface area contributed by atoms with Gasteiger partial charge >= 0.3 is 12.1 Å². The summed E-state index contributed by atoms with van der Waals surface area (Å²) < 4.78 is 10.3. The number of hydrogen-bond acceptors (Lipinski definition) is 5. The zero-order valence-electron chi connectivity index (χ0n) is 11.6. The summed E-state index contributed by atoms with van der Waals surface area (Å²) in [6, 6.07) is 1.17. The highest BCUT2D eigenvalue weighted by Gasteiger charge is 2.39.